The van der Waals surface area contributed by atoms with Crippen LogP contribution in [0.3, 0.4) is 0 Å². The van der Waals surface area contributed by atoms with Crippen molar-refractivity contribution in [1.82, 2.24) is 9.38 Å². The lowest BCUT2D eigenvalue weighted by Crippen LogP contribution is -2.15. The Hall–Kier alpha value is -2.09. The first-order chi connectivity index (χ1) is 12.0. The molecule has 4 rings (SSSR count). The Morgan fingerprint density at radius 3 is 2.76 bits per heavy atom. The number of thiazole rings is 1. The number of ketones is 1. The second-order valence-electron chi connectivity index (χ2n) is 5.73. The summed E-state index contributed by atoms with van der Waals surface area (Å²) in [6.07, 6.45) is 3.37. The smallest absolute Gasteiger partial charge is 0.267 e. The van der Waals surface area contributed by atoms with Crippen LogP contribution in [0.5, 0.6) is 0 Å². The fraction of sp³-hybridized carbons (Fsp3) is 0.167. The van der Waals surface area contributed by atoms with Gasteiger partial charge in [-0.15, -0.1) is 22.7 Å². The third kappa shape index (κ3) is 2.59. The monoisotopic (exact) mass is 386 g/mol. The Labute approximate surface area is 155 Å². The quantitative estimate of drug-likeness (QED) is 0.373. The molecule has 0 saturated heterocycles. The van der Waals surface area contributed by atoms with Crippen LogP contribution in [0.4, 0.5) is 0 Å². The van der Waals surface area contributed by atoms with Crippen molar-refractivity contribution >= 4 is 61.0 Å². The SMILES string of the molecule is Cc1sc2nc3sc(C(=O)/C=C/c4cccs4)c(C)n3c(=O)c2c1C. The molecule has 0 unspecified atom stereocenters. The maximum atomic E-state index is 12.9. The van der Waals surface area contributed by atoms with Gasteiger partial charge in [0.05, 0.1) is 10.3 Å². The minimum Gasteiger partial charge on any atom is -0.288 e. The Morgan fingerprint density at radius 2 is 2.04 bits per heavy atom. The summed E-state index contributed by atoms with van der Waals surface area (Å²) in [4.78, 5) is 34.1. The third-order valence-electron chi connectivity index (χ3n) is 4.20. The molecular weight excluding hydrogens is 372 g/mol. The van der Waals surface area contributed by atoms with Crippen molar-refractivity contribution in [2.75, 3.05) is 0 Å². The molecule has 25 heavy (non-hydrogen) atoms. The van der Waals surface area contributed by atoms with E-state index in [9.17, 15) is 9.59 Å². The molecule has 0 aliphatic carbocycles. The number of aromatic nitrogens is 2. The molecule has 0 amide bonds. The molecule has 0 bridgehead atoms. The summed E-state index contributed by atoms with van der Waals surface area (Å²) >= 11 is 4.37. The van der Waals surface area contributed by atoms with Crippen LogP contribution in [0.2, 0.25) is 0 Å². The maximum absolute atomic E-state index is 12.9. The van der Waals surface area contributed by atoms with Crippen LogP contribution in [0.1, 0.15) is 30.7 Å². The third-order valence-corrected chi connectivity index (χ3v) is 7.29. The van der Waals surface area contributed by atoms with Gasteiger partial charge in [-0.25, -0.2) is 4.98 Å². The topological polar surface area (TPSA) is 51.4 Å². The number of nitrogens with zero attached hydrogens (tertiary/aromatic N) is 2. The van der Waals surface area contributed by atoms with Gasteiger partial charge in [-0.1, -0.05) is 17.4 Å². The fourth-order valence-corrected chi connectivity index (χ4v) is 5.49. The molecular formula is C18H14N2O2S3. The molecule has 0 fully saturated rings. The van der Waals surface area contributed by atoms with Gasteiger partial charge in [0.25, 0.3) is 5.56 Å². The summed E-state index contributed by atoms with van der Waals surface area (Å²) in [5.41, 5.74) is 1.54. The number of aryl methyl sites for hydroxylation is 3. The molecule has 0 radical (unpaired) electrons. The summed E-state index contributed by atoms with van der Waals surface area (Å²) in [6.45, 7) is 5.75. The van der Waals surface area contributed by atoms with E-state index < -0.39 is 0 Å². The zero-order valence-corrected chi connectivity index (χ0v) is 16.3. The van der Waals surface area contributed by atoms with Crippen molar-refractivity contribution in [3.63, 3.8) is 0 Å². The molecule has 0 spiro atoms. The van der Waals surface area contributed by atoms with E-state index in [0.717, 1.165) is 20.1 Å². The maximum Gasteiger partial charge on any atom is 0.267 e. The van der Waals surface area contributed by atoms with Crippen molar-refractivity contribution < 1.29 is 4.79 Å². The van der Waals surface area contributed by atoms with Crippen LogP contribution in [-0.4, -0.2) is 15.2 Å². The van der Waals surface area contributed by atoms with Crippen LogP contribution < -0.4 is 5.56 Å². The molecule has 4 aromatic rings. The van der Waals surface area contributed by atoms with Crippen LogP contribution in [0.15, 0.2) is 28.4 Å². The van der Waals surface area contributed by atoms with Gasteiger partial charge in [0.15, 0.2) is 10.7 Å². The fourth-order valence-electron chi connectivity index (χ4n) is 2.75. The largest absolute Gasteiger partial charge is 0.288 e. The minimum absolute atomic E-state index is 0.0862. The Kier molecular flexibility index (Phi) is 3.94. The Bertz CT molecular complexity index is 1210. The zero-order chi connectivity index (χ0) is 17.7. The second kappa shape index (κ2) is 6.01. The minimum atomic E-state index is -0.0999. The van der Waals surface area contributed by atoms with E-state index in [-0.39, 0.29) is 11.3 Å². The predicted octanol–water partition coefficient (Wildman–Crippen LogP) is 4.85. The summed E-state index contributed by atoms with van der Waals surface area (Å²) in [5, 5.41) is 2.63. The van der Waals surface area contributed by atoms with Crippen molar-refractivity contribution in [1.29, 1.82) is 0 Å². The van der Waals surface area contributed by atoms with Crippen LogP contribution >= 0.6 is 34.0 Å². The number of fused-ring (bicyclic) bond motifs is 2. The first-order valence-electron chi connectivity index (χ1n) is 7.65. The van der Waals surface area contributed by atoms with Crippen molar-refractivity contribution in [3.05, 3.63) is 59.8 Å². The van der Waals surface area contributed by atoms with Crippen molar-refractivity contribution in [3.8, 4) is 0 Å². The van der Waals surface area contributed by atoms with Gasteiger partial charge in [0.1, 0.15) is 4.83 Å². The first kappa shape index (κ1) is 16.4. The highest BCUT2D eigenvalue weighted by atomic mass is 32.1. The molecule has 126 valence electrons. The lowest BCUT2D eigenvalue weighted by molar-refractivity contribution is 0.105. The summed E-state index contributed by atoms with van der Waals surface area (Å²) in [5.74, 6) is -0.0999. The lowest BCUT2D eigenvalue weighted by atomic mass is 10.2. The summed E-state index contributed by atoms with van der Waals surface area (Å²) in [6, 6.07) is 3.90. The second-order valence-corrected chi connectivity index (χ2v) is 8.89. The molecule has 0 atom stereocenters. The summed E-state index contributed by atoms with van der Waals surface area (Å²) in [7, 11) is 0. The normalized spacial score (nSPS) is 12.0. The molecule has 4 aromatic heterocycles. The van der Waals surface area contributed by atoms with Crippen molar-refractivity contribution in [2.45, 2.75) is 20.8 Å². The van der Waals surface area contributed by atoms with Gasteiger partial charge in [-0.3, -0.25) is 14.0 Å². The average molecular weight is 387 g/mol. The molecule has 0 aliphatic heterocycles. The van der Waals surface area contributed by atoms with E-state index in [4.69, 9.17) is 0 Å². The number of carbonyl (C=O) groups is 1. The van der Waals surface area contributed by atoms with E-state index in [1.54, 1.807) is 34.8 Å². The van der Waals surface area contributed by atoms with Gasteiger partial charge >= 0.3 is 0 Å². The van der Waals surface area contributed by atoms with Crippen LogP contribution in [0, 0.1) is 20.8 Å². The molecule has 0 saturated carbocycles. The standard InChI is InChI=1S/C18H14N2O2S3/c1-9-11(3)24-16-14(9)17(22)20-10(2)15(25-18(20)19-16)13(21)7-6-12-5-4-8-23-12/h4-8H,1-3H3/b7-6+. The van der Waals surface area contributed by atoms with Crippen molar-refractivity contribution in [2.24, 2.45) is 0 Å². The molecule has 4 heterocycles. The number of hydrogen-bond acceptors (Lipinski definition) is 6. The van der Waals surface area contributed by atoms with Crippen LogP contribution in [-0.2, 0) is 0 Å². The number of carbonyl (C=O) groups excluding carboxylic acids is 1. The number of thiophene rings is 2. The molecule has 0 aromatic carbocycles. The molecule has 0 aliphatic rings. The predicted molar refractivity (Wildman–Crippen MR) is 107 cm³/mol. The van der Waals surface area contributed by atoms with Gasteiger partial charge < -0.3 is 0 Å². The van der Waals surface area contributed by atoms with Gasteiger partial charge in [-0.2, -0.15) is 0 Å². The van der Waals surface area contributed by atoms with E-state index in [1.165, 1.54) is 22.7 Å². The van der Waals surface area contributed by atoms with Gasteiger partial charge in [0.2, 0.25) is 0 Å². The Balaban J connectivity index is 1.88. The number of allylic oxidation sites excluding steroid dienone is 1. The molecule has 4 nitrogen and oxygen atoms in total. The van der Waals surface area contributed by atoms with Gasteiger partial charge in [0, 0.05) is 15.4 Å². The van der Waals surface area contributed by atoms with E-state index >= 15 is 0 Å². The highest BCUT2D eigenvalue weighted by Gasteiger charge is 2.20. The van der Waals surface area contributed by atoms with E-state index in [0.29, 0.717) is 20.9 Å². The highest BCUT2D eigenvalue weighted by Crippen LogP contribution is 2.29. The molecule has 0 N–H and O–H groups in total. The zero-order valence-electron chi connectivity index (χ0n) is 13.8. The highest BCUT2D eigenvalue weighted by molar-refractivity contribution is 7.20. The Morgan fingerprint density at radius 1 is 1.24 bits per heavy atom. The van der Waals surface area contributed by atoms with E-state index in [1.807, 2.05) is 31.4 Å². The van der Waals surface area contributed by atoms with E-state index in [2.05, 4.69) is 4.98 Å². The average Bonchev–Trinajstić information content (AvgIpc) is 3.26. The van der Waals surface area contributed by atoms with Gasteiger partial charge in [-0.05, 0) is 49.9 Å². The number of hydrogen-bond donors (Lipinski definition) is 0. The number of rotatable bonds is 3. The first-order valence-corrected chi connectivity index (χ1v) is 10.2. The van der Waals surface area contributed by atoms with Crippen LogP contribution in [0.25, 0.3) is 21.3 Å². The summed E-state index contributed by atoms with van der Waals surface area (Å²) < 4.78 is 1.57. The molecule has 7 heteroatoms. The lowest BCUT2D eigenvalue weighted by Gasteiger charge is -1.97.